The van der Waals surface area contributed by atoms with Crippen LogP contribution in [0.15, 0.2) is 42.5 Å². The van der Waals surface area contributed by atoms with Crippen molar-refractivity contribution in [1.29, 1.82) is 0 Å². The minimum absolute atomic E-state index is 0.0899. The van der Waals surface area contributed by atoms with Crippen molar-refractivity contribution in [3.05, 3.63) is 48.0 Å². The number of rotatable bonds is 5. The zero-order valence-electron chi connectivity index (χ0n) is 14.9. The Bertz CT molecular complexity index is 873. The van der Waals surface area contributed by atoms with E-state index in [0.29, 0.717) is 11.4 Å². The second-order valence-corrected chi connectivity index (χ2v) is 5.66. The number of para-hydroxylation sites is 2. The van der Waals surface area contributed by atoms with Crippen LogP contribution >= 0.6 is 0 Å². The van der Waals surface area contributed by atoms with Crippen molar-refractivity contribution >= 4 is 29.2 Å². The molecule has 0 radical (unpaired) electrons. The molecule has 0 saturated heterocycles. The summed E-state index contributed by atoms with van der Waals surface area (Å²) in [4.78, 5) is 38.1. The first kappa shape index (κ1) is 18.2. The lowest BCUT2D eigenvalue weighted by molar-refractivity contribution is -0.124. The molecule has 0 bridgehead atoms. The van der Waals surface area contributed by atoms with Crippen LogP contribution in [0.5, 0.6) is 11.5 Å². The van der Waals surface area contributed by atoms with Crippen LogP contribution in [-0.4, -0.2) is 45.2 Å². The summed E-state index contributed by atoms with van der Waals surface area (Å²) in [5, 5.41) is 2.69. The van der Waals surface area contributed by atoms with E-state index in [1.165, 1.54) is 19.1 Å². The van der Waals surface area contributed by atoms with Crippen LogP contribution in [0.25, 0.3) is 0 Å². The van der Waals surface area contributed by atoms with E-state index in [0.717, 1.165) is 0 Å². The summed E-state index contributed by atoms with van der Waals surface area (Å²) in [6.45, 7) is -0.674. The third kappa shape index (κ3) is 3.69. The maximum Gasteiger partial charge on any atom is 0.346 e. The van der Waals surface area contributed by atoms with E-state index in [2.05, 4.69) is 5.32 Å². The largest absolute Gasteiger partial charge is 0.496 e. The molecule has 27 heavy (non-hydrogen) atoms. The van der Waals surface area contributed by atoms with Gasteiger partial charge >= 0.3 is 5.97 Å². The minimum Gasteiger partial charge on any atom is -0.496 e. The Labute approximate surface area is 155 Å². The first-order valence-electron chi connectivity index (χ1n) is 8.12. The summed E-state index contributed by atoms with van der Waals surface area (Å²) in [7, 11) is 2.83. The monoisotopic (exact) mass is 370 g/mol. The minimum atomic E-state index is -0.757. The number of carbonyl (C=O) groups is 3. The smallest absolute Gasteiger partial charge is 0.346 e. The van der Waals surface area contributed by atoms with Crippen molar-refractivity contribution < 1.29 is 28.6 Å². The molecule has 1 N–H and O–H groups in total. The number of hydrogen-bond acceptors (Lipinski definition) is 6. The van der Waals surface area contributed by atoms with Gasteiger partial charge in [-0.25, -0.2) is 4.79 Å². The van der Waals surface area contributed by atoms with E-state index in [9.17, 15) is 14.4 Å². The number of ether oxygens (including phenoxy) is 3. The van der Waals surface area contributed by atoms with E-state index in [1.807, 2.05) is 0 Å². The van der Waals surface area contributed by atoms with Crippen molar-refractivity contribution in [1.82, 2.24) is 0 Å². The third-order valence-electron chi connectivity index (χ3n) is 4.03. The van der Waals surface area contributed by atoms with Gasteiger partial charge in [-0.15, -0.1) is 0 Å². The van der Waals surface area contributed by atoms with Gasteiger partial charge in [-0.1, -0.05) is 18.2 Å². The zero-order chi connectivity index (χ0) is 19.4. The summed E-state index contributed by atoms with van der Waals surface area (Å²) in [5.41, 5.74) is 1.17. The first-order valence-corrected chi connectivity index (χ1v) is 8.12. The fraction of sp³-hybridized carbons (Fsp3) is 0.211. The molecule has 0 unspecified atom stereocenters. The van der Waals surface area contributed by atoms with Crippen LogP contribution in [-0.2, 0) is 14.3 Å². The van der Waals surface area contributed by atoms with Crippen LogP contribution in [0.3, 0.4) is 0 Å². The van der Waals surface area contributed by atoms with Crippen LogP contribution in [0, 0.1) is 0 Å². The fourth-order valence-electron chi connectivity index (χ4n) is 2.79. The molecule has 1 aliphatic heterocycles. The number of methoxy groups -OCH3 is 2. The summed E-state index contributed by atoms with van der Waals surface area (Å²) in [6, 6.07) is 11.8. The summed E-state index contributed by atoms with van der Waals surface area (Å²) < 4.78 is 15.5. The van der Waals surface area contributed by atoms with Crippen molar-refractivity contribution in [2.45, 2.75) is 0 Å². The van der Waals surface area contributed by atoms with Gasteiger partial charge in [-0.2, -0.15) is 0 Å². The van der Waals surface area contributed by atoms with Gasteiger partial charge in [0.05, 0.1) is 25.6 Å². The van der Waals surface area contributed by atoms with Gasteiger partial charge in [0.25, 0.3) is 5.91 Å². The summed E-state index contributed by atoms with van der Waals surface area (Å²) >= 11 is 0. The molecule has 0 fully saturated rings. The zero-order valence-corrected chi connectivity index (χ0v) is 14.9. The standard InChI is InChI=1S/C19H18N2O6/c1-25-14-8-5-9-15(26-2)18(14)19(24)27-11-17(23)21-10-16(22)20-12-6-3-4-7-13(12)21/h3-9H,10-11H2,1-2H3,(H,20,22). The summed E-state index contributed by atoms with van der Waals surface area (Å²) in [5.74, 6) is -1.05. The van der Waals surface area contributed by atoms with E-state index < -0.39 is 18.5 Å². The quantitative estimate of drug-likeness (QED) is 0.807. The number of benzene rings is 2. The second kappa shape index (κ2) is 7.77. The van der Waals surface area contributed by atoms with Crippen molar-refractivity contribution in [3.8, 4) is 11.5 Å². The molecule has 3 rings (SSSR count). The molecular formula is C19H18N2O6. The number of hydrogen-bond donors (Lipinski definition) is 1. The Morgan fingerprint density at radius 1 is 1.04 bits per heavy atom. The SMILES string of the molecule is COc1cccc(OC)c1C(=O)OCC(=O)N1CC(=O)Nc2ccccc21. The average Bonchev–Trinajstić information content (AvgIpc) is 2.70. The molecule has 0 saturated carbocycles. The maximum absolute atomic E-state index is 12.6. The number of esters is 1. The molecule has 0 atom stereocenters. The number of fused-ring (bicyclic) bond motifs is 1. The van der Waals surface area contributed by atoms with E-state index in [4.69, 9.17) is 14.2 Å². The Kier molecular flexibility index (Phi) is 5.25. The number of nitrogens with one attached hydrogen (secondary N) is 1. The van der Waals surface area contributed by atoms with Crippen LogP contribution < -0.4 is 19.7 Å². The highest BCUT2D eigenvalue weighted by Gasteiger charge is 2.28. The Balaban J connectivity index is 1.75. The predicted octanol–water partition coefficient (Wildman–Crippen LogP) is 1.85. The van der Waals surface area contributed by atoms with Gasteiger partial charge < -0.3 is 19.5 Å². The van der Waals surface area contributed by atoms with Crippen molar-refractivity contribution in [2.75, 3.05) is 37.6 Å². The summed E-state index contributed by atoms with van der Waals surface area (Å²) in [6.07, 6.45) is 0. The molecule has 8 heteroatoms. The molecule has 1 aliphatic rings. The Morgan fingerprint density at radius 2 is 1.70 bits per heavy atom. The normalized spacial score (nSPS) is 12.7. The lowest BCUT2D eigenvalue weighted by Crippen LogP contribution is -2.44. The molecule has 140 valence electrons. The molecular weight excluding hydrogens is 352 g/mol. The molecule has 2 aromatic rings. The Morgan fingerprint density at radius 3 is 2.37 bits per heavy atom. The van der Waals surface area contributed by atoms with Crippen LogP contribution in [0.2, 0.25) is 0 Å². The van der Waals surface area contributed by atoms with Gasteiger partial charge in [0, 0.05) is 0 Å². The lowest BCUT2D eigenvalue weighted by Gasteiger charge is -2.28. The van der Waals surface area contributed by atoms with Gasteiger partial charge in [0.15, 0.2) is 6.61 Å². The van der Waals surface area contributed by atoms with Gasteiger partial charge in [0.1, 0.15) is 23.6 Å². The predicted molar refractivity (Wildman–Crippen MR) is 97.3 cm³/mol. The number of anilines is 2. The van der Waals surface area contributed by atoms with E-state index in [-0.39, 0.29) is 29.5 Å². The third-order valence-corrected chi connectivity index (χ3v) is 4.03. The van der Waals surface area contributed by atoms with Crippen molar-refractivity contribution in [3.63, 3.8) is 0 Å². The molecule has 0 aromatic heterocycles. The number of nitrogens with zero attached hydrogens (tertiary/aromatic N) is 1. The number of amides is 2. The molecule has 0 spiro atoms. The Hall–Kier alpha value is -3.55. The highest BCUT2D eigenvalue weighted by Crippen LogP contribution is 2.30. The number of carbonyl (C=O) groups excluding carboxylic acids is 3. The molecule has 1 heterocycles. The molecule has 8 nitrogen and oxygen atoms in total. The highest BCUT2D eigenvalue weighted by molar-refractivity contribution is 6.10. The van der Waals surface area contributed by atoms with Gasteiger partial charge in [-0.05, 0) is 24.3 Å². The average molecular weight is 370 g/mol. The van der Waals surface area contributed by atoms with Gasteiger partial charge in [0.2, 0.25) is 5.91 Å². The molecule has 2 amide bonds. The highest BCUT2D eigenvalue weighted by atomic mass is 16.5. The van der Waals surface area contributed by atoms with Crippen LogP contribution in [0.4, 0.5) is 11.4 Å². The second-order valence-electron chi connectivity index (χ2n) is 5.66. The first-order chi connectivity index (χ1) is 13.0. The van der Waals surface area contributed by atoms with E-state index in [1.54, 1.807) is 42.5 Å². The van der Waals surface area contributed by atoms with Gasteiger partial charge in [-0.3, -0.25) is 14.5 Å². The maximum atomic E-state index is 12.6. The fourth-order valence-corrected chi connectivity index (χ4v) is 2.79. The lowest BCUT2D eigenvalue weighted by atomic mass is 10.1. The van der Waals surface area contributed by atoms with Crippen LogP contribution in [0.1, 0.15) is 10.4 Å². The molecule has 2 aromatic carbocycles. The van der Waals surface area contributed by atoms with Crippen molar-refractivity contribution in [2.24, 2.45) is 0 Å². The molecule has 0 aliphatic carbocycles. The topological polar surface area (TPSA) is 94.2 Å². The van der Waals surface area contributed by atoms with E-state index >= 15 is 0 Å².